The van der Waals surface area contributed by atoms with E-state index in [0.29, 0.717) is 30.4 Å². The highest BCUT2D eigenvalue weighted by Crippen LogP contribution is 2.35. The lowest BCUT2D eigenvalue weighted by molar-refractivity contribution is 0.171. The van der Waals surface area contributed by atoms with Crippen molar-refractivity contribution < 1.29 is 17.9 Å². The van der Waals surface area contributed by atoms with E-state index in [1.165, 1.54) is 4.31 Å². The zero-order valence-electron chi connectivity index (χ0n) is 12.5. The Morgan fingerprint density at radius 3 is 2.43 bits per heavy atom. The molecule has 23 heavy (non-hydrogen) atoms. The summed E-state index contributed by atoms with van der Waals surface area (Å²) in [4.78, 5) is 0.233. The van der Waals surface area contributed by atoms with Gasteiger partial charge < -0.3 is 9.47 Å². The lowest BCUT2D eigenvalue weighted by atomic mass is 10.2. The Morgan fingerprint density at radius 1 is 1.04 bits per heavy atom. The number of hydrogen-bond donors (Lipinski definition) is 0. The molecule has 2 aromatic carbocycles. The minimum Gasteiger partial charge on any atom is -0.486 e. The number of ether oxygens (including phenoxy) is 2. The van der Waals surface area contributed by atoms with Crippen molar-refractivity contribution in [2.75, 3.05) is 24.1 Å². The normalized spacial score (nSPS) is 13.4. The van der Waals surface area contributed by atoms with Gasteiger partial charge in [0.05, 0.1) is 17.1 Å². The van der Waals surface area contributed by atoms with Crippen molar-refractivity contribution in [3.05, 3.63) is 61.2 Å². The molecule has 1 heterocycles. The molecule has 0 amide bonds. The van der Waals surface area contributed by atoms with Gasteiger partial charge in [-0.15, -0.1) is 6.58 Å². The molecule has 0 aromatic heterocycles. The summed E-state index contributed by atoms with van der Waals surface area (Å²) in [5.41, 5.74) is 0.512. The molecule has 2 aromatic rings. The predicted molar refractivity (Wildman–Crippen MR) is 88.6 cm³/mol. The quantitative estimate of drug-likeness (QED) is 0.791. The topological polar surface area (TPSA) is 55.8 Å². The Balaban J connectivity index is 2.04. The average molecular weight is 331 g/mol. The van der Waals surface area contributed by atoms with Crippen LogP contribution in [0.5, 0.6) is 11.5 Å². The Morgan fingerprint density at radius 2 is 1.74 bits per heavy atom. The van der Waals surface area contributed by atoms with E-state index in [2.05, 4.69) is 6.58 Å². The van der Waals surface area contributed by atoms with Crippen LogP contribution in [-0.4, -0.2) is 28.2 Å². The molecule has 6 heteroatoms. The molecule has 0 aliphatic carbocycles. The number of rotatable bonds is 5. The van der Waals surface area contributed by atoms with Gasteiger partial charge in [0, 0.05) is 6.07 Å². The molecule has 5 nitrogen and oxygen atoms in total. The number of sulfonamides is 1. The molecule has 0 unspecified atom stereocenters. The van der Waals surface area contributed by atoms with Crippen LogP contribution in [0.25, 0.3) is 0 Å². The van der Waals surface area contributed by atoms with Gasteiger partial charge in [0.2, 0.25) is 0 Å². The van der Waals surface area contributed by atoms with Crippen molar-refractivity contribution in [1.29, 1.82) is 0 Å². The van der Waals surface area contributed by atoms with Crippen LogP contribution >= 0.6 is 0 Å². The van der Waals surface area contributed by atoms with E-state index >= 15 is 0 Å². The maximum absolute atomic E-state index is 12.9. The zero-order valence-corrected chi connectivity index (χ0v) is 13.3. The molecule has 0 spiro atoms. The smallest absolute Gasteiger partial charge is 0.264 e. The van der Waals surface area contributed by atoms with Gasteiger partial charge in [-0.3, -0.25) is 4.31 Å². The Hall–Kier alpha value is -2.47. The summed E-state index contributed by atoms with van der Waals surface area (Å²) < 4.78 is 38.1. The van der Waals surface area contributed by atoms with Crippen LogP contribution in [0, 0.1) is 0 Å². The van der Waals surface area contributed by atoms with Crippen molar-refractivity contribution in [3.63, 3.8) is 0 Å². The van der Waals surface area contributed by atoms with Gasteiger partial charge >= 0.3 is 0 Å². The van der Waals surface area contributed by atoms with Gasteiger partial charge in [-0.1, -0.05) is 24.3 Å². The molecule has 0 atom stereocenters. The molecule has 0 radical (unpaired) electrons. The minimum absolute atomic E-state index is 0.164. The predicted octanol–water partition coefficient (Wildman–Crippen LogP) is 2.84. The van der Waals surface area contributed by atoms with Crippen molar-refractivity contribution >= 4 is 15.7 Å². The second-order valence-electron chi connectivity index (χ2n) is 4.97. The lowest BCUT2D eigenvalue weighted by Gasteiger charge is -2.25. The fraction of sp³-hybridized carbons (Fsp3) is 0.176. The van der Waals surface area contributed by atoms with Gasteiger partial charge in [0.15, 0.2) is 11.5 Å². The van der Waals surface area contributed by atoms with E-state index in [1.54, 1.807) is 54.6 Å². The monoisotopic (exact) mass is 331 g/mol. The summed E-state index contributed by atoms with van der Waals surface area (Å²) in [6, 6.07) is 13.4. The molecule has 1 aliphatic rings. The van der Waals surface area contributed by atoms with Crippen LogP contribution < -0.4 is 13.8 Å². The molecule has 3 rings (SSSR count). The SMILES string of the molecule is C=CCN(c1ccc2c(c1)OCCO2)S(=O)(=O)c1ccccc1. The first kappa shape index (κ1) is 15.4. The van der Waals surface area contributed by atoms with Gasteiger partial charge in [-0.25, -0.2) is 8.42 Å². The second kappa shape index (κ2) is 6.34. The highest BCUT2D eigenvalue weighted by molar-refractivity contribution is 7.92. The Kier molecular flexibility index (Phi) is 4.25. The van der Waals surface area contributed by atoms with Crippen molar-refractivity contribution in [1.82, 2.24) is 0 Å². The molecule has 120 valence electrons. The Labute approximate surface area is 135 Å². The third-order valence-corrected chi connectivity index (χ3v) is 5.25. The van der Waals surface area contributed by atoms with Gasteiger partial charge in [-0.2, -0.15) is 0 Å². The lowest BCUT2D eigenvalue weighted by Crippen LogP contribution is -2.31. The first-order valence-corrected chi connectivity index (χ1v) is 8.65. The van der Waals surface area contributed by atoms with Crippen molar-refractivity contribution in [3.8, 4) is 11.5 Å². The highest BCUT2D eigenvalue weighted by atomic mass is 32.2. The van der Waals surface area contributed by atoms with E-state index in [0.717, 1.165) is 0 Å². The first-order valence-electron chi connectivity index (χ1n) is 7.21. The summed E-state index contributed by atoms with van der Waals surface area (Å²) in [6.07, 6.45) is 1.55. The van der Waals surface area contributed by atoms with Crippen molar-refractivity contribution in [2.45, 2.75) is 4.90 Å². The summed E-state index contributed by atoms with van der Waals surface area (Å²) in [5, 5.41) is 0. The molecule has 0 N–H and O–H groups in total. The van der Waals surface area contributed by atoms with E-state index in [4.69, 9.17) is 9.47 Å². The molecular formula is C17H17NO4S. The summed E-state index contributed by atoms with van der Waals surface area (Å²) in [5.74, 6) is 1.17. The van der Waals surface area contributed by atoms with Crippen LogP contribution in [0.3, 0.4) is 0 Å². The van der Waals surface area contributed by atoms with Crippen LogP contribution in [0.4, 0.5) is 5.69 Å². The number of hydrogen-bond acceptors (Lipinski definition) is 4. The van der Waals surface area contributed by atoms with E-state index in [9.17, 15) is 8.42 Å². The van der Waals surface area contributed by atoms with Crippen LogP contribution in [-0.2, 0) is 10.0 Å². The maximum atomic E-state index is 12.9. The second-order valence-corrected chi connectivity index (χ2v) is 6.83. The molecule has 0 bridgehead atoms. The average Bonchev–Trinajstić information content (AvgIpc) is 2.60. The zero-order chi connectivity index (χ0) is 16.3. The summed E-state index contributed by atoms with van der Waals surface area (Å²) in [6.45, 7) is 4.76. The van der Waals surface area contributed by atoms with Crippen LogP contribution in [0.1, 0.15) is 0 Å². The largest absolute Gasteiger partial charge is 0.486 e. The number of benzene rings is 2. The maximum Gasteiger partial charge on any atom is 0.264 e. The van der Waals surface area contributed by atoms with Gasteiger partial charge in [0.1, 0.15) is 13.2 Å². The molecule has 0 saturated heterocycles. The summed E-state index contributed by atoms with van der Waals surface area (Å²) >= 11 is 0. The molecular weight excluding hydrogens is 314 g/mol. The fourth-order valence-corrected chi connectivity index (χ4v) is 3.81. The fourth-order valence-electron chi connectivity index (χ4n) is 2.37. The number of fused-ring (bicyclic) bond motifs is 1. The van der Waals surface area contributed by atoms with Crippen LogP contribution in [0.15, 0.2) is 66.1 Å². The number of anilines is 1. The van der Waals surface area contributed by atoms with Crippen LogP contribution in [0.2, 0.25) is 0 Å². The molecule has 1 aliphatic heterocycles. The van der Waals surface area contributed by atoms with E-state index in [1.807, 2.05) is 0 Å². The van der Waals surface area contributed by atoms with Crippen molar-refractivity contribution in [2.24, 2.45) is 0 Å². The third-order valence-electron chi connectivity index (χ3n) is 3.44. The van der Waals surface area contributed by atoms with Gasteiger partial charge in [-0.05, 0) is 24.3 Å². The minimum atomic E-state index is -3.68. The van der Waals surface area contributed by atoms with Gasteiger partial charge in [0.25, 0.3) is 10.0 Å². The molecule has 0 fully saturated rings. The third kappa shape index (κ3) is 3.03. The summed E-state index contributed by atoms with van der Waals surface area (Å²) in [7, 11) is -3.68. The highest BCUT2D eigenvalue weighted by Gasteiger charge is 2.25. The number of nitrogens with zero attached hydrogens (tertiary/aromatic N) is 1. The Bertz CT molecular complexity index is 803. The molecule has 0 saturated carbocycles. The van der Waals surface area contributed by atoms with E-state index in [-0.39, 0.29) is 11.4 Å². The van der Waals surface area contributed by atoms with E-state index < -0.39 is 10.0 Å². The standard InChI is InChI=1S/C17H17NO4S/c1-2-10-18(23(19,20)15-6-4-3-5-7-15)14-8-9-16-17(13-14)22-12-11-21-16/h2-9,13H,1,10-12H2. The first-order chi connectivity index (χ1) is 11.1.